The van der Waals surface area contributed by atoms with Crippen LogP contribution in [0.3, 0.4) is 0 Å². The molecule has 2 nitrogen and oxygen atoms in total. The normalized spacial score (nSPS) is 17.3. The summed E-state index contributed by atoms with van der Waals surface area (Å²) in [6.07, 6.45) is 0. The summed E-state index contributed by atoms with van der Waals surface area (Å²) in [7, 11) is 0. The first-order valence-electron chi connectivity index (χ1n) is 11.6. The van der Waals surface area contributed by atoms with Crippen molar-refractivity contribution in [1.29, 1.82) is 0 Å². The number of hydrogen-bond acceptors (Lipinski definition) is 2. The van der Waals surface area contributed by atoms with Crippen LogP contribution in [0.2, 0.25) is 0 Å². The fourth-order valence-corrected chi connectivity index (χ4v) is 5.46. The molecule has 2 heteroatoms. The average molecular weight is 428 g/mol. The van der Waals surface area contributed by atoms with Crippen molar-refractivity contribution in [2.75, 3.05) is 5.06 Å². The first-order valence-corrected chi connectivity index (χ1v) is 11.6. The van der Waals surface area contributed by atoms with Crippen LogP contribution in [0.1, 0.15) is 83.2 Å². The van der Waals surface area contributed by atoms with Gasteiger partial charge in [0.1, 0.15) is 5.54 Å². The van der Waals surface area contributed by atoms with Crippen LogP contribution in [0.4, 0.5) is 5.69 Å². The molecule has 4 rings (SSSR count). The summed E-state index contributed by atoms with van der Waals surface area (Å²) >= 11 is 0. The molecular weight excluding hydrogens is 390 g/mol. The van der Waals surface area contributed by atoms with E-state index in [1.54, 1.807) is 5.06 Å². The van der Waals surface area contributed by atoms with Gasteiger partial charge in [-0.1, -0.05) is 128 Å². The number of anilines is 1. The minimum Gasteiger partial charge on any atom is -0.287 e. The highest BCUT2D eigenvalue weighted by molar-refractivity contribution is 5.75. The summed E-state index contributed by atoms with van der Waals surface area (Å²) in [6.45, 7) is 18.1. The van der Waals surface area contributed by atoms with E-state index >= 15 is 0 Å². The lowest BCUT2D eigenvalue weighted by atomic mass is 9.63. The van der Waals surface area contributed by atoms with E-state index in [-0.39, 0.29) is 16.2 Å². The maximum absolute atomic E-state index is 12.2. The predicted octanol–water partition coefficient (Wildman–Crippen LogP) is 7.71. The predicted molar refractivity (Wildman–Crippen MR) is 135 cm³/mol. The van der Waals surface area contributed by atoms with E-state index in [4.69, 9.17) is 0 Å². The topological polar surface area (TPSA) is 23.5 Å². The third kappa shape index (κ3) is 3.11. The molecule has 0 unspecified atom stereocenters. The molecule has 0 spiro atoms. The molecule has 1 N–H and O–H groups in total. The maximum Gasteiger partial charge on any atom is 0.126 e. The van der Waals surface area contributed by atoms with E-state index in [0.717, 1.165) is 16.8 Å². The van der Waals surface area contributed by atoms with Crippen LogP contribution in [-0.4, -0.2) is 5.21 Å². The molecule has 0 amide bonds. The van der Waals surface area contributed by atoms with Gasteiger partial charge in [0, 0.05) is 5.41 Å². The Kier molecular flexibility index (Phi) is 5.10. The van der Waals surface area contributed by atoms with Gasteiger partial charge < -0.3 is 0 Å². The second-order valence-corrected chi connectivity index (χ2v) is 11.8. The smallest absolute Gasteiger partial charge is 0.126 e. The van der Waals surface area contributed by atoms with Crippen LogP contribution in [0.15, 0.2) is 72.8 Å². The fraction of sp³-hybridized carbons (Fsp3) is 0.400. The van der Waals surface area contributed by atoms with Crippen LogP contribution in [0.25, 0.3) is 0 Å². The summed E-state index contributed by atoms with van der Waals surface area (Å²) in [6, 6.07) is 25.6. The molecule has 0 saturated heterocycles. The molecule has 0 saturated carbocycles. The van der Waals surface area contributed by atoms with Crippen molar-refractivity contribution < 1.29 is 5.21 Å². The van der Waals surface area contributed by atoms with Crippen molar-refractivity contribution in [2.24, 2.45) is 0 Å². The second-order valence-electron chi connectivity index (χ2n) is 11.8. The summed E-state index contributed by atoms with van der Waals surface area (Å²) in [4.78, 5) is 0. The van der Waals surface area contributed by atoms with E-state index in [2.05, 4.69) is 116 Å². The molecule has 1 aliphatic heterocycles. The first kappa shape index (κ1) is 22.6. The quantitative estimate of drug-likeness (QED) is 0.453. The fourth-order valence-electron chi connectivity index (χ4n) is 5.46. The van der Waals surface area contributed by atoms with Crippen molar-refractivity contribution in [3.8, 4) is 0 Å². The largest absolute Gasteiger partial charge is 0.287 e. The van der Waals surface area contributed by atoms with Crippen molar-refractivity contribution in [2.45, 2.75) is 77.2 Å². The number of nitrogens with zero attached hydrogens (tertiary/aromatic N) is 1. The molecule has 0 bridgehead atoms. The number of fused-ring (bicyclic) bond motifs is 1. The van der Waals surface area contributed by atoms with Crippen molar-refractivity contribution in [3.05, 3.63) is 101 Å². The highest BCUT2D eigenvalue weighted by Gasteiger charge is 2.60. The minimum absolute atomic E-state index is 0.0101. The number of hydrogen-bond donors (Lipinski definition) is 1. The average Bonchev–Trinajstić information content (AvgIpc) is 2.91. The monoisotopic (exact) mass is 427 g/mol. The molecular formula is C30H37NO. The first-order chi connectivity index (χ1) is 14.8. The highest BCUT2D eigenvalue weighted by atomic mass is 16.5. The van der Waals surface area contributed by atoms with Crippen LogP contribution >= 0.6 is 0 Å². The number of benzene rings is 3. The van der Waals surface area contributed by atoms with E-state index in [1.165, 1.54) is 16.7 Å². The van der Waals surface area contributed by atoms with E-state index in [0.29, 0.717) is 0 Å². The van der Waals surface area contributed by atoms with E-state index in [9.17, 15) is 5.21 Å². The number of rotatable bonds is 2. The Morgan fingerprint density at radius 2 is 1.16 bits per heavy atom. The molecule has 3 aromatic rings. The Balaban J connectivity index is 2.15. The lowest BCUT2D eigenvalue weighted by molar-refractivity contribution is 0.140. The van der Waals surface area contributed by atoms with Crippen molar-refractivity contribution in [3.63, 3.8) is 0 Å². The summed E-state index contributed by atoms with van der Waals surface area (Å²) < 4.78 is 0. The van der Waals surface area contributed by atoms with Gasteiger partial charge in [-0.05, 0) is 38.6 Å². The van der Waals surface area contributed by atoms with Gasteiger partial charge in [0.25, 0.3) is 0 Å². The SMILES string of the molecule is CC(C)(C)c1cc(C(C)(C)C)c2c(c1)C(C)(C)C(c1ccccc1)(c1ccccc1)N2O. The van der Waals surface area contributed by atoms with Gasteiger partial charge in [-0.2, -0.15) is 0 Å². The Morgan fingerprint density at radius 3 is 1.56 bits per heavy atom. The molecule has 0 radical (unpaired) electrons. The Hall–Kier alpha value is -2.58. The molecule has 1 heterocycles. The van der Waals surface area contributed by atoms with Gasteiger partial charge in [-0.15, -0.1) is 0 Å². The van der Waals surface area contributed by atoms with Crippen LogP contribution in [0, 0.1) is 0 Å². The molecule has 3 aromatic carbocycles. The van der Waals surface area contributed by atoms with Gasteiger partial charge in [0.05, 0.1) is 5.69 Å². The van der Waals surface area contributed by atoms with Crippen LogP contribution < -0.4 is 5.06 Å². The summed E-state index contributed by atoms with van der Waals surface area (Å²) in [5.74, 6) is 0. The lowest BCUT2D eigenvalue weighted by Crippen LogP contribution is -2.52. The summed E-state index contributed by atoms with van der Waals surface area (Å²) in [5.41, 5.74) is 5.58. The molecule has 1 aliphatic rings. The third-order valence-corrected chi connectivity index (χ3v) is 7.27. The van der Waals surface area contributed by atoms with Crippen LogP contribution in [0.5, 0.6) is 0 Å². The minimum atomic E-state index is -0.742. The van der Waals surface area contributed by atoms with Gasteiger partial charge in [0.15, 0.2) is 0 Å². The maximum atomic E-state index is 12.2. The molecule has 0 atom stereocenters. The van der Waals surface area contributed by atoms with Gasteiger partial charge in [-0.25, -0.2) is 5.06 Å². The molecule has 0 aromatic heterocycles. The lowest BCUT2D eigenvalue weighted by Gasteiger charge is -2.46. The Labute approximate surface area is 193 Å². The molecule has 0 fully saturated rings. The second kappa shape index (κ2) is 7.22. The Bertz CT molecular complexity index is 1080. The molecule has 32 heavy (non-hydrogen) atoms. The zero-order valence-corrected chi connectivity index (χ0v) is 20.8. The third-order valence-electron chi connectivity index (χ3n) is 7.27. The van der Waals surface area contributed by atoms with E-state index in [1.807, 2.05) is 12.1 Å². The molecule has 0 aliphatic carbocycles. The van der Waals surface area contributed by atoms with Gasteiger partial charge >= 0.3 is 0 Å². The van der Waals surface area contributed by atoms with E-state index < -0.39 is 5.54 Å². The zero-order chi connectivity index (χ0) is 23.5. The highest BCUT2D eigenvalue weighted by Crippen LogP contribution is 2.61. The zero-order valence-electron chi connectivity index (χ0n) is 20.8. The molecule has 168 valence electrons. The Morgan fingerprint density at radius 1 is 0.688 bits per heavy atom. The van der Waals surface area contributed by atoms with Gasteiger partial charge in [-0.3, -0.25) is 5.21 Å². The number of hydroxylamine groups is 1. The standard InChI is InChI=1S/C30H37NO/c1-27(2,3)23-19-24(28(4,5)6)26-25(20-23)29(7,8)30(31(26)32,21-15-11-9-12-16-21)22-17-13-10-14-18-22/h9-20,32H,1-8H3. The van der Waals surface area contributed by atoms with Crippen LogP contribution in [-0.2, 0) is 21.8 Å². The van der Waals surface area contributed by atoms with Gasteiger partial charge in [0.2, 0.25) is 0 Å². The summed E-state index contributed by atoms with van der Waals surface area (Å²) in [5, 5.41) is 13.8. The van der Waals surface area contributed by atoms with Crippen molar-refractivity contribution in [1.82, 2.24) is 0 Å². The van der Waals surface area contributed by atoms with Crippen molar-refractivity contribution >= 4 is 5.69 Å².